The van der Waals surface area contributed by atoms with Crippen LogP contribution in [0.2, 0.25) is 5.02 Å². The van der Waals surface area contributed by atoms with Crippen molar-refractivity contribution in [1.82, 2.24) is 9.78 Å². The summed E-state index contributed by atoms with van der Waals surface area (Å²) in [7, 11) is 0. The van der Waals surface area contributed by atoms with Crippen molar-refractivity contribution in [3.63, 3.8) is 0 Å². The fourth-order valence-corrected chi connectivity index (χ4v) is 2.65. The Bertz CT molecular complexity index is 613. The van der Waals surface area contributed by atoms with E-state index in [4.69, 9.17) is 22.1 Å². The highest BCUT2D eigenvalue weighted by Crippen LogP contribution is 2.28. The molecule has 1 aromatic carbocycles. The monoisotopic (exact) mass is 357 g/mol. The molecule has 0 unspecified atom stereocenters. The lowest BCUT2D eigenvalue weighted by Gasteiger charge is -2.10. The maximum atomic E-state index is 6.34. The molecule has 20 heavy (non-hydrogen) atoms. The van der Waals surface area contributed by atoms with Crippen molar-refractivity contribution in [2.75, 3.05) is 5.73 Å². The average Bonchev–Trinajstić information content (AvgIpc) is 2.74. The number of nitrogens with zero attached hydrogens (tertiary/aromatic N) is 2. The predicted octanol–water partition coefficient (Wildman–Crippen LogP) is 4.04. The van der Waals surface area contributed by atoms with E-state index in [2.05, 4.69) is 21.0 Å². The van der Waals surface area contributed by atoms with Crippen molar-refractivity contribution in [2.24, 2.45) is 0 Å². The van der Waals surface area contributed by atoms with E-state index in [1.165, 1.54) is 0 Å². The number of halogens is 2. The molecular weight excluding hydrogens is 342 g/mol. The number of aromatic nitrogens is 2. The van der Waals surface area contributed by atoms with Crippen LogP contribution in [-0.2, 0) is 19.6 Å². The first-order valence-corrected chi connectivity index (χ1v) is 7.65. The molecule has 0 saturated carbocycles. The Morgan fingerprint density at radius 2 is 2.15 bits per heavy atom. The second kappa shape index (κ2) is 6.50. The Kier molecular flexibility index (Phi) is 4.94. The van der Waals surface area contributed by atoms with Crippen molar-refractivity contribution < 1.29 is 4.74 Å². The summed E-state index contributed by atoms with van der Waals surface area (Å²) in [5.41, 5.74) is 8.29. The summed E-state index contributed by atoms with van der Waals surface area (Å²) in [4.78, 5) is 0. The zero-order chi connectivity index (χ0) is 14.7. The molecule has 0 fully saturated rings. The topological polar surface area (TPSA) is 53.1 Å². The largest absolute Gasteiger partial charge is 0.485 e. The molecule has 0 aliphatic carbocycles. The second-order valence-electron chi connectivity index (χ2n) is 4.35. The van der Waals surface area contributed by atoms with E-state index in [1.807, 2.05) is 36.7 Å². The normalized spacial score (nSPS) is 10.8. The van der Waals surface area contributed by atoms with Gasteiger partial charge in [-0.3, -0.25) is 4.68 Å². The van der Waals surface area contributed by atoms with E-state index in [1.54, 1.807) is 0 Å². The van der Waals surface area contributed by atoms with Crippen LogP contribution in [0.25, 0.3) is 0 Å². The van der Waals surface area contributed by atoms with E-state index in [9.17, 15) is 0 Å². The van der Waals surface area contributed by atoms with Gasteiger partial charge in [-0.25, -0.2) is 0 Å². The Morgan fingerprint density at radius 3 is 2.75 bits per heavy atom. The number of hydrogen-bond donors (Lipinski definition) is 1. The SMILES string of the molecule is CCc1nn(CC)c(COc2ccc(Br)cc2N)c1Cl. The number of aryl methyl sites for hydroxylation is 2. The predicted molar refractivity (Wildman–Crippen MR) is 85.2 cm³/mol. The van der Waals surface area contributed by atoms with Crippen LogP contribution in [0.15, 0.2) is 22.7 Å². The number of nitrogen functional groups attached to an aromatic ring is 1. The summed E-state index contributed by atoms with van der Waals surface area (Å²) in [5, 5.41) is 5.15. The first kappa shape index (κ1) is 15.2. The zero-order valence-electron chi connectivity index (χ0n) is 11.5. The van der Waals surface area contributed by atoms with E-state index in [0.717, 1.165) is 28.8 Å². The average molecular weight is 359 g/mol. The van der Waals surface area contributed by atoms with Crippen molar-refractivity contribution in [3.05, 3.63) is 39.1 Å². The highest BCUT2D eigenvalue weighted by molar-refractivity contribution is 9.10. The van der Waals surface area contributed by atoms with Gasteiger partial charge in [0.2, 0.25) is 0 Å². The first-order valence-electron chi connectivity index (χ1n) is 6.48. The fourth-order valence-electron chi connectivity index (χ4n) is 1.95. The van der Waals surface area contributed by atoms with Gasteiger partial charge >= 0.3 is 0 Å². The van der Waals surface area contributed by atoms with Crippen LogP contribution in [0.3, 0.4) is 0 Å². The maximum Gasteiger partial charge on any atom is 0.142 e. The summed E-state index contributed by atoms with van der Waals surface area (Å²) in [6.45, 7) is 5.17. The molecule has 0 atom stereocenters. The minimum atomic E-state index is 0.353. The van der Waals surface area contributed by atoms with Crippen LogP contribution in [-0.4, -0.2) is 9.78 Å². The third kappa shape index (κ3) is 3.10. The fraction of sp³-hybridized carbons (Fsp3) is 0.357. The Morgan fingerprint density at radius 1 is 1.40 bits per heavy atom. The van der Waals surface area contributed by atoms with Gasteiger partial charge < -0.3 is 10.5 Å². The number of ether oxygens (including phenoxy) is 1. The summed E-state index contributed by atoms with van der Waals surface area (Å²) in [6, 6.07) is 5.54. The summed E-state index contributed by atoms with van der Waals surface area (Å²) >= 11 is 9.71. The smallest absolute Gasteiger partial charge is 0.142 e. The molecule has 2 N–H and O–H groups in total. The Labute approximate surface area is 132 Å². The number of hydrogen-bond acceptors (Lipinski definition) is 3. The first-order chi connectivity index (χ1) is 9.56. The van der Waals surface area contributed by atoms with Crippen molar-refractivity contribution >= 4 is 33.2 Å². The molecule has 0 radical (unpaired) electrons. The minimum Gasteiger partial charge on any atom is -0.485 e. The summed E-state index contributed by atoms with van der Waals surface area (Å²) in [5.74, 6) is 0.645. The van der Waals surface area contributed by atoms with Gasteiger partial charge in [0.25, 0.3) is 0 Å². The Balaban J connectivity index is 2.20. The molecule has 0 aliphatic rings. The number of anilines is 1. The molecule has 0 amide bonds. The van der Waals surface area contributed by atoms with Gasteiger partial charge in [0.1, 0.15) is 12.4 Å². The van der Waals surface area contributed by atoms with Crippen LogP contribution >= 0.6 is 27.5 Å². The molecule has 108 valence electrons. The Hall–Kier alpha value is -1.20. The van der Waals surface area contributed by atoms with Gasteiger partial charge in [-0.2, -0.15) is 5.10 Å². The van der Waals surface area contributed by atoms with Crippen molar-refractivity contribution in [2.45, 2.75) is 33.4 Å². The van der Waals surface area contributed by atoms with Crippen LogP contribution in [0.4, 0.5) is 5.69 Å². The van der Waals surface area contributed by atoms with Gasteiger partial charge in [-0.1, -0.05) is 34.5 Å². The highest BCUT2D eigenvalue weighted by atomic mass is 79.9. The van der Waals surface area contributed by atoms with Crippen LogP contribution in [0.1, 0.15) is 25.2 Å². The molecule has 2 rings (SSSR count). The van der Waals surface area contributed by atoms with E-state index < -0.39 is 0 Å². The van der Waals surface area contributed by atoms with E-state index in [0.29, 0.717) is 23.1 Å². The van der Waals surface area contributed by atoms with Gasteiger partial charge in [-0.05, 0) is 31.5 Å². The minimum absolute atomic E-state index is 0.353. The van der Waals surface area contributed by atoms with Crippen molar-refractivity contribution in [3.8, 4) is 5.75 Å². The molecule has 0 bridgehead atoms. The molecular formula is C14H17BrClN3O. The zero-order valence-corrected chi connectivity index (χ0v) is 13.8. The van der Waals surface area contributed by atoms with Gasteiger partial charge in [0.15, 0.2) is 0 Å². The number of benzene rings is 1. The summed E-state index contributed by atoms with van der Waals surface area (Å²) in [6.07, 6.45) is 0.805. The molecule has 0 saturated heterocycles. The standard InChI is InChI=1S/C14H17BrClN3O/c1-3-11-14(16)12(19(4-2)18-11)8-20-13-6-5-9(15)7-10(13)17/h5-7H,3-4,8,17H2,1-2H3. The molecule has 0 aliphatic heterocycles. The molecule has 6 heteroatoms. The number of rotatable bonds is 5. The molecule has 2 aromatic rings. The van der Waals surface area contributed by atoms with E-state index in [-0.39, 0.29) is 0 Å². The van der Waals surface area contributed by atoms with Crippen LogP contribution in [0.5, 0.6) is 5.75 Å². The van der Waals surface area contributed by atoms with Gasteiger partial charge in [-0.15, -0.1) is 0 Å². The van der Waals surface area contributed by atoms with Gasteiger partial charge in [0, 0.05) is 11.0 Å². The number of nitrogens with two attached hydrogens (primary N) is 1. The quantitative estimate of drug-likeness (QED) is 0.821. The summed E-state index contributed by atoms with van der Waals surface area (Å²) < 4.78 is 8.56. The molecule has 1 aromatic heterocycles. The van der Waals surface area contributed by atoms with E-state index >= 15 is 0 Å². The third-order valence-electron chi connectivity index (χ3n) is 3.03. The second-order valence-corrected chi connectivity index (χ2v) is 5.64. The molecule has 4 nitrogen and oxygen atoms in total. The lowest BCUT2D eigenvalue weighted by molar-refractivity contribution is 0.294. The molecule has 1 heterocycles. The van der Waals surface area contributed by atoms with Crippen LogP contribution in [0, 0.1) is 0 Å². The van der Waals surface area contributed by atoms with Gasteiger partial charge in [0.05, 0.1) is 22.1 Å². The maximum absolute atomic E-state index is 6.34. The highest BCUT2D eigenvalue weighted by Gasteiger charge is 2.15. The van der Waals surface area contributed by atoms with Crippen LogP contribution < -0.4 is 10.5 Å². The van der Waals surface area contributed by atoms with Crippen molar-refractivity contribution in [1.29, 1.82) is 0 Å². The lowest BCUT2D eigenvalue weighted by atomic mass is 10.3. The molecule has 0 spiro atoms. The third-order valence-corrected chi connectivity index (χ3v) is 3.96. The lowest BCUT2D eigenvalue weighted by Crippen LogP contribution is -2.07.